The first-order valence-corrected chi connectivity index (χ1v) is 6.55. The molecule has 0 fully saturated rings. The lowest BCUT2D eigenvalue weighted by atomic mass is 10.2. The smallest absolute Gasteiger partial charge is 0.326 e. The second kappa shape index (κ2) is 5.03. The van der Waals surface area contributed by atoms with Gasteiger partial charge in [-0.1, -0.05) is 17.3 Å². The summed E-state index contributed by atoms with van der Waals surface area (Å²) in [6.45, 7) is 0.205. The topological polar surface area (TPSA) is 69.4 Å². The molecule has 1 N–H and O–H groups in total. The first kappa shape index (κ1) is 12.6. The number of rotatable bonds is 3. The van der Waals surface area contributed by atoms with Crippen LogP contribution < -0.4 is 14.8 Å². The number of aromatic nitrogens is 2. The second-order valence-corrected chi connectivity index (χ2v) is 4.60. The molecule has 0 spiro atoms. The van der Waals surface area contributed by atoms with Gasteiger partial charge in [0.05, 0.1) is 5.56 Å². The molecule has 22 heavy (non-hydrogen) atoms. The Bertz CT molecular complexity index is 834. The van der Waals surface area contributed by atoms with E-state index in [9.17, 15) is 4.39 Å². The van der Waals surface area contributed by atoms with Crippen molar-refractivity contribution in [3.05, 3.63) is 48.3 Å². The Hall–Kier alpha value is -3.09. The molecule has 0 amide bonds. The molecular formula is C15H10FN3O3. The molecule has 1 aromatic heterocycles. The zero-order valence-corrected chi connectivity index (χ0v) is 11.2. The van der Waals surface area contributed by atoms with Crippen molar-refractivity contribution in [1.82, 2.24) is 10.1 Å². The summed E-state index contributed by atoms with van der Waals surface area (Å²) in [5.41, 5.74) is 0.984. The Labute approximate surface area is 124 Å². The van der Waals surface area contributed by atoms with Crippen LogP contribution in [0.1, 0.15) is 0 Å². The van der Waals surface area contributed by atoms with Crippen LogP contribution in [0, 0.1) is 5.82 Å². The van der Waals surface area contributed by atoms with Crippen molar-refractivity contribution in [1.29, 1.82) is 0 Å². The van der Waals surface area contributed by atoms with Gasteiger partial charge in [-0.3, -0.25) is 0 Å². The summed E-state index contributed by atoms with van der Waals surface area (Å²) in [5, 5.41) is 6.72. The van der Waals surface area contributed by atoms with E-state index in [1.807, 2.05) is 0 Å². The van der Waals surface area contributed by atoms with Crippen LogP contribution in [0.15, 0.2) is 47.0 Å². The predicted molar refractivity (Wildman–Crippen MR) is 75.5 cm³/mol. The van der Waals surface area contributed by atoms with Crippen molar-refractivity contribution in [3.8, 4) is 22.9 Å². The molecule has 1 aliphatic heterocycles. The Morgan fingerprint density at radius 1 is 1.05 bits per heavy atom. The van der Waals surface area contributed by atoms with Crippen molar-refractivity contribution < 1.29 is 18.4 Å². The predicted octanol–water partition coefficient (Wildman–Crippen LogP) is 3.35. The molecule has 2 heterocycles. The van der Waals surface area contributed by atoms with E-state index in [1.54, 1.807) is 36.4 Å². The molecule has 3 aromatic rings. The van der Waals surface area contributed by atoms with E-state index < -0.39 is 5.82 Å². The molecule has 0 saturated heterocycles. The van der Waals surface area contributed by atoms with Crippen molar-refractivity contribution >= 4 is 11.7 Å². The molecule has 0 atom stereocenters. The van der Waals surface area contributed by atoms with Crippen LogP contribution in [0.4, 0.5) is 16.1 Å². The van der Waals surface area contributed by atoms with Crippen molar-refractivity contribution in [2.24, 2.45) is 0 Å². The van der Waals surface area contributed by atoms with E-state index >= 15 is 0 Å². The highest BCUT2D eigenvalue weighted by Gasteiger charge is 2.15. The monoisotopic (exact) mass is 299 g/mol. The minimum Gasteiger partial charge on any atom is -0.454 e. The molecule has 0 saturated carbocycles. The van der Waals surface area contributed by atoms with Gasteiger partial charge in [0.25, 0.3) is 0 Å². The lowest BCUT2D eigenvalue weighted by Crippen LogP contribution is -1.93. The van der Waals surface area contributed by atoms with E-state index in [-0.39, 0.29) is 24.2 Å². The van der Waals surface area contributed by atoms with Crippen LogP contribution >= 0.6 is 0 Å². The average Bonchev–Trinajstić information content (AvgIpc) is 3.16. The van der Waals surface area contributed by atoms with Crippen LogP contribution in [0.2, 0.25) is 0 Å². The van der Waals surface area contributed by atoms with Gasteiger partial charge in [-0.05, 0) is 24.3 Å². The van der Waals surface area contributed by atoms with Crippen LogP contribution in [0.3, 0.4) is 0 Å². The highest BCUT2D eigenvalue weighted by molar-refractivity contribution is 5.61. The minimum absolute atomic E-state index is 0.164. The summed E-state index contributed by atoms with van der Waals surface area (Å²) in [4.78, 5) is 4.13. The Kier molecular flexibility index (Phi) is 2.89. The Morgan fingerprint density at radius 2 is 1.91 bits per heavy atom. The molecule has 0 unspecified atom stereocenters. The SMILES string of the molecule is Fc1ccccc1-c1noc(Nc2ccc3c(c2)OCO3)n1. The van der Waals surface area contributed by atoms with Gasteiger partial charge in [-0.25, -0.2) is 4.39 Å². The fourth-order valence-electron chi connectivity index (χ4n) is 2.12. The quantitative estimate of drug-likeness (QED) is 0.800. The summed E-state index contributed by atoms with van der Waals surface area (Å²) in [6, 6.07) is 11.7. The Morgan fingerprint density at radius 3 is 2.82 bits per heavy atom. The summed E-state index contributed by atoms with van der Waals surface area (Å²) < 4.78 is 29.3. The van der Waals surface area contributed by atoms with Gasteiger partial charge in [-0.15, -0.1) is 0 Å². The highest BCUT2D eigenvalue weighted by atomic mass is 19.1. The molecule has 4 rings (SSSR count). The van der Waals surface area contributed by atoms with Crippen molar-refractivity contribution in [3.63, 3.8) is 0 Å². The number of hydrogen-bond donors (Lipinski definition) is 1. The number of anilines is 2. The number of nitrogens with one attached hydrogen (secondary N) is 1. The molecule has 2 aromatic carbocycles. The number of ether oxygens (including phenoxy) is 2. The molecule has 1 aliphatic rings. The zero-order chi connectivity index (χ0) is 14.9. The van der Waals surface area contributed by atoms with E-state index in [2.05, 4.69) is 15.5 Å². The second-order valence-electron chi connectivity index (χ2n) is 4.60. The fraction of sp³-hybridized carbons (Fsp3) is 0.0667. The fourth-order valence-corrected chi connectivity index (χ4v) is 2.12. The van der Waals surface area contributed by atoms with Gasteiger partial charge in [0.1, 0.15) is 5.82 Å². The van der Waals surface area contributed by atoms with Gasteiger partial charge in [0.15, 0.2) is 11.5 Å². The molecular weight excluding hydrogens is 289 g/mol. The van der Waals surface area contributed by atoms with Gasteiger partial charge in [0, 0.05) is 11.8 Å². The number of hydrogen-bond acceptors (Lipinski definition) is 6. The minimum atomic E-state index is -0.405. The maximum Gasteiger partial charge on any atom is 0.326 e. The maximum absolute atomic E-state index is 13.7. The molecule has 0 radical (unpaired) electrons. The first-order valence-electron chi connectivity index (χ1n) is 6.55. The number of benzene rings is 2. The molecule has 0 bridgehead atoms. The van der Waals surface area contributed by atoms with Gasteiger partial charge in [-0.2, -0.15) is 4.98 Å². The van der Waals surface area contributed by atoms with Crippen LogP contribution in [0.25, 0.3) is 11.4 Å². The largest absolute Gasteiger partial charge is 0.454 e. The summed E-state index contributed by atoms with van der Waals surface area (Å²) in [5.74, 6) is 1.10. The normalized spacial score (nSPS) is 12.4. The van der Waals surface area contributed by atoms with E-state index in [0.717, 1.165) is 0 Å². The standard InChI is InChI=1S/C15H10FN3O3/c16-11-4-2-1-3-10(11)14-18-15(22-19-14)17-9-5-6-12-13(7-9)21-8-20-12/h1-7H,8H2,(H,17,18,19). The average molecular weight is 299 g/mol. The maximum atomic E-state index is 13.7. The third kappa shape index (κ3) is 2.22. The van der Waals surface area contributed by atoms with E-state index in [4.69, 9.17) is 14.0 Å². The molecule has 7 heteroatoms. The molecule has 0 aliphatic carbocycles. The Balaban J connectivity index is 1.59. The van der Waals surface area contributed by atoms with Gasteiger partial charge in [0.2, 0.25) is 12.6 Å². The lowest BCUT2D eigenvalue weighted by molar-refractivity contribution is 0.174. The lowest BCUT2D eigenvalue weighted by Gasteiger charge is -2.02. The van der Waals surface area contributed by atoms with Gasteiger partial charge < -0.3 is 19.3 Å². The molecule has 6 nitrogen and oxygen atoms in total. The van der Waals surface area contributed by atoms with E-state index in [1.165, 1.54) is 6.07 Å². The summed E-state index contributed by atoms with van der Waals surface area (Å²) >= 11 is 0. The summed E-state index contributed by atoms with van der Waals surface area (Å²) in [6.07, 6.45) is 0. The van der Waals surface area contributed by atoms with Crippen LogP contribution in [0.5, 0.6) is 11.5 Å². The third-order valence-corrected chi connectivity index (χ3v) is 3.16. The van der Waals surface area contributed by atoms with Crippen molar-refractivity contribution in [2.75, 3.05) is 12.1 Å². The number of fused-ring (bicyclic) bond motifs is 1. The van der Waals surface area contributed by atoms with Crippen molar-refractivity contribution in [2.45, 2.75) is 0 Å². The zero-order valence-electron chi connectivity index (χ0n) is 11.2. The van der Waals surface area contributed by atoms with Crippen LogP contribution in [-0.4, -0.2) is 16.9 Å². The first-order chi connectivity index (χ1) is 10.8. The van der Waals surface area contributed by atoms with Crippen LogP contribution in [-0.2, 0) is 0 Å². The number of nitrogens with zero attached hydrogens (tertiary/aromatic N) is 2. The van der Waals surface area contributed by atoms with Gasteiger partial charge >= 0.3 is 6.01 Å². The summed E-state index contributed by atoms with van der Waals surface area (Å²) in [7, 11) is 0. The van der Waals surface area contributed by atoms with E-state index in [0.29, 0.717) is 17.2 Å². The number of halogens is 1. The highest BCUT2D eigenvalue weighted by Crippen LogP contribution is 2.35. The molecule has 110 valence electrons. The third-order valence-electron chi connectivity index (χ3n) is 3.16.